The zero-order valence-corrected chi connectivity index (χ0v) is 14.5. The average molecular weight is 342 g/mol. The van der Waals surface area contributed by atoms with Crippen molar-refractivity contribution in [2.45, 2.75) is 19.9 Å². The molecular formula is C18H22N4O3. The third-order valence-corrected chi connectivity index (χ3v) is 4.33. The third-order valence-electron chi connectivity index (χ3n) is 4.33. The van der Waals surface area contributed by atoms with Crippen LogP contribution in [-0.4, -0.2) is 53.2 Å². The number of aryl methyl sites for hydroxylation is 2. The molecule has 1 aromatic carbocycles. The maximum Gasteiger partial charge on any atom is 0.414 e. The molecule has 2 amide bonds. The van der Waals surface area contributed by atoms with E-state index >= 15 is 0 Å². The number of aromatic nitrogens is 2. The first kappa shape index (κ1) is 17.0. The molecule has 1 saturated heterocycles. The van der Waals surface area contributed by atoms with Crippen LogP contribution in [0.15, 0.2) is 36.7 Å². The second-order valence-corrected chi connectivity index (χ2v) is 6.06. The largest absolute Gasteiger partial charge is 0.447 e. The number of rotatable bonds is 6. The highest BCUT2D eigenvalue weighted by Crippen LogP contribution is 2.20. The van der Waals surface area contributed by atoms with Crippen molar-refractivity contribution in [3.8, 4) is 0 Å². The normalized spacial score (nSPS) is 13.8. The van der Waals surface area contributed by atoms with E-state index in [-0.39, 0.29) is 12.0 Å². The molecule has 3 rings (SSSR count). The molecule has 0 radical (unpaired) electrons. The topological polar surface area (TPSA) is 67.7 Å². The molecule has 0 unspecified atom stereocenters. The molecule has 1 fully saturated rings. The van der Waals surface area contributed by atoms with E-state index in [1.54, 1.807) is 41.2 Å². The molecular weight excluding hydrogens is 320 g/mol. The first-order chi connectivity index (χ1) is 12.1. The minimum Gasteiger partial charge on any atom is -0.447 e. The molecule has 0 saturated carbocycles. The number of carbonyl (C=O) groups excluding carboxylic acids is 2. The fourth-order valence-corrected chi connectivity index (χ4v) is 2.87. The number of hydrogen-bond acceptors (Lipinski definition) is 4. The molecule has 2 heterocycles. The quantitative estimate of drug-likeness (QED) is 0.808. The second kappa shape index (κ2) is 7.38. The van der Waals surface area contributed by atoms with Gasteiger partial charge in [-0.3, -0.25) is 9.69 Å². The monoisotopic (exact) mass is 342 g/mol. The van der Waals surface area contributed by atoms with E-state index < -0.39 is 0 Å². The van der Waals surface area contributed by atoms with Crippen molar-refractivity contribution in [2.75, 3.05) is 31.6 Å². The van der Waals surface area contributed by atoms with E-state index in [4.69, 9.17) is 4.74 Å². The highest BCUT2D eigenvalue weighted by molar-refractivity contribution is 5.97. The molecule has 7 heteroatoms. The van der Waals surface area contributed by atoms with Crippen LogP contribution < -0.4 is 4.90 Å². The van der Waals surface area contributed by atoms with Crippen LogP contribution in [-0.2, 0) is 11.3 Å². The summed E-state index contributed by atoms with van der Waals surface area (Å²) in [6, 6.07) is 7.11. The Bertz CT molecular complexity index is 771. The summed E-state index contributed by atoms with van der Waals surface area (Å²) in [5, 5.41) is 0. The summed E-state index contributed by atoms with van der Waals surface area (Å²) >= 11 is 0. The smallest absolute Gasteiger partial charge is 0.414 e. The van der Waals surface area contributed by atoms with Crippen LogP contribution in [0.3, 0.4) is 0 Å². The summed E-state index contributed by atoms with van der Waals surface area (Å²) < 4.78 is 7.02. The Morgan fingerprint density at radius 3 is 2.92 bits per heavy atom. The summed E-state index contributed by atoms with van der Waals surface area (Å²) in [6.07, 6.45) is 4.19. The number of carbonyl (C=O) groups is 2. The minimum atomic E-state index is -0.367. The summed E-state index contributed by atoms with van der Waals surface area (Å²) in [6.45, 7) is 4.32. The second-order valence-electron chi connectivity index (χ2n) is 6.06. The van der Waals surface area contributed by atoms with Crippen LogP contribution in [0.4, 0.5) is 10.5 Å². The Hall–Kier alpha value is -2.83. The Balaban J connectivity index is 1.60. The lowest BCUT2D eigenvalue weighted by Gasteiger charge is -2.19. The van der Waals surface area contributed by atoms with E-state index in [0.29, 0.717) is 30.9 Å². The molecule has 2 aromatic rings. The van der Waals surface area contributed by atoms with Crippen molar-refractivity contribution in [3.05, 3.63) is 48.0 Å². The molecule has 0 N–H and O–H groups in total. The van der Waals surface area contributed by atoms with Gasteiger partial charge in [0, 0.05) is 43.8 Å². The fraction of sp³-hybridized carbons (Fsp3) is 0.389. The van der Waals surface area contributed by atoms with Gasteiger partial charge in [0.2, 0.25) is 0 Å². The van der Waals surface area contributed by atoms with Gasteiger partial charge in [-0.05, 0) is 31.5 Å². The molecule has 0 atom stereocenters. The first-order valence-electron chi connectivity index (χ1n) is 8.34. The third kappa shape index (κ3) is 3.81. The lowest BCUT2D eigenvalue weighted by Crippen LogP contribution is -2.29. The van der Waals surface area contributed by atoms with Gasteiger partial charge in [0.25, 0.3) is 5.91 Å². The van der Waals surface area contributed by atoms with Crippen molar-refractivity contribution < 1.29 is 14.3 Å². The number of benzene rings is 1. The highest BCUT2D eigenvalue weighted by Gasteiger charge is 2.24. The average Bonchev–Trinajstić information content (AvgIpc) is 3.22. The van der Waals surface area contributed by atoms with E-state index in [1.165, 1.54) is 0 Å². The standard InChI is InChI=1S/C18H22N4O3/c1-14-19-7-10-21(14)9-4-8-20(2)17(23)15-5-3-6-16(13-15)22-11-12-25-18(22)24/h3,5-7,10,13H,4,8-9,11-12H2,1-2H3. The molecule has 1 aliphatic rings. The van der Waals surface area contributed by atoms with E-state index in [9.17, 15) is 9.59 Å². The number of nitrogens with zero attached hydrogens (tertiary/aromatic N) is 4. The highest BCUT2D eigenvalue weighted by atomic mass is 16.6. The van der Waals surface area contributed by atoms with Crippen LogP contribution in [0.1, 0.15) is 22.6 Å². The van der Waals surface area contributed by atoms with Gasteiger partial charge in [0.05, 0.1) is 6.54 Å². The van der Waals surface area contributed by atoms with Crippen molar-refractivity contribution in [1.82, 2.24) is 14.5 Å². The Morgan fingerprint density at radius 2 is 2.24 bits per heavy atom. The Morgan fingerprint density at radius 1 is 1.40 bits per heavy atom. The minimum absolute atomic E-state index is 0.0585. The number of cyclic esters (lactones) is 1. The van der Waals surface area contributed by atoms with Crippen molar-refractivity contribution in [3.63, 3.8) is 0 Å². The van der Waals surface area contributed by atoms with Crippen molar-refractivity contribution >= 4 is 17.7 Å². The maximum atomic E-state index is 12.6. The summed E-state index contributed by atoms with van der Waals surface area (Å²) in [5.74, 6) is 0.913. The first-order valence-corrected chi connectivity index (χ1v) is 8.34. The van der Waals surface area contributed by atoms with Crippen LogP contribution in [0.25, 0.3) is 0 Å². The molecule has 1 aliphatic heterocycles. The van der Waals surface area contributed by atoms with E-state index in [2.05, 4.69) is 9.55 Å². The van der Waals surface area contributed by atoms with E-state index in [0.717, 1.165) is 18.8 Å². The predicted octanol–water partition coefficient (Wildman–Crippen LogP) is 2.31. The van der Waals surface area contributed by atoms with Gasteiger partial charge in [-0.1, -0.05) is 6.07 Å². The van der Waals surface area contributed by atoms with E-state index in [1.807, 2.05) is 19.2 Å². The molecule has 0 bridgehead atoms. The summed E-state index contributed by atoms with van der Waals surface area (Å²) in [7, 11) is 1.79. The Labute approximate surface area is 146 Å². The molecule has 132 valence electrons. The Kier molecular flexibility index (Phi) is 5.02. The zero-order chi connectivity index (χ0) is 17.8. The molecule has 7 nitrogen and oxygen atoms in total. The number of imidazole rings is 1. The zero-order valence-electron chi connectivity index (χ0n) is 14.5. The maximum absolute atomic E-state index is 12.6. The fourth-order valence-electron chi connectivity index (χ4n) is 2.87. The molecule has 25 heavy (non-hydrogen) atoms. The van der Waals surface area contributed by atoms with Crippen molar-refractivity contribution in [2.24, 2.45) is 0 Å². The summed E-state index contributed by atoms with van der Waals surface area (Å²) in [5.41, 5.74) is 1.26. The van der Waals surface area contributed by atoms with Gasteiger partial charge >= 0.3 is 6.09 Å². The van der Waals surface area contributed by atoms with Gasteiger partial charge in [0.15, 0.2) is 0 Å². The van der Waals surface area contributed by atoms with Gasteiger partial charge in [0.1, 0.15) is 12.4 Å². The van der Waals surface area contributed by atoms with Crippen LogP contribution >= 0.6 is 0 Å². The van der Waals surface area contributed by atoms with Gasteiger partial charge < -0.3 is 14.2 Å². The molecule has 0 spiro atoms. The lowest BCUT2D eigenvalue weighted by atomic mass is 10.1. The van der Waals surface area contributed by atoms with Gasteiger partial charge in [-0.25, -0.2) is 9.78 Å². The molecule has 0 aliphatic carbocycles. The van der Waals surface area contributed by atoms with Crippen LogP contribution in [0.2, 0.25) is 0 Å². The number of ether oxygens (including phenoxy) is 1. The van der Waals surface area contributed by atoms with Crippen molar-refractivity contribution in [1.29, 1.82) is 0 Å². The van der Waals surface area contributed by atoms with Crippen LogP contribution in [0, 0.1) is 6.92 Å². The predicted molar refractivity (Wildman–Crippen MR) is 93.7 cm³/mol. The summed E-state index contributed by atoms with van der Waals surface area (Å²) in [4.78, 5) is 31.7. The number of amides is 2. The van der Waals surface area contributed by atoms with Crippen LogP contribution in [0.5, 0.6) is 0 Å². The molecule has 1 aromatic heterocycles. The van der Waals surface area contributed by atoms with Gasteiger partial charge in [-0.2, -0.15) is 0 Å². The number of hydrogen-bond donors (Lipinski definition) is 0. The number of anilines is 1. The lowest BCUT2D eigenvalue weighted by molar-refractivity contribution is 0.0792. The van der Waals surface area contributed by atoms with Gasteiger partial charge in [-0.15, -0.1) is 0 Å². The SMILES string of the molecule is Cc1nccn1CCCN(C)C(=O)c1cccc(N2CCOC2=O)c1.